The molecule has 0 amide bonds. The second-order valence-corrected chi connectivity index (χ2v) is 10.0. The standard InChI is InChI=1S/C24H26ClN5O2S/c25-19-12-23-20(11-18(31)15-33-23)28-21(19)13-27-17-4-7-29(8-5-17)9-10-30-22-14-26-6-3-16(22)1-2-24(30)32/h1-3,6,12,14,17,27H,4-5,7-11,13,15H2. The van der Waals surface area contributed by atoms with E-state index in [0.717, 1.165) is 59.7 Å². The van der Waals surface area contributed by atoms with Crippen molar-refractivity contribution in [1.82, 2.24) is 24.8 Å². The number of thioether (sulfide) groups is 1. The van der Waals surface area contributed by atoms with Crippen molar-refractivity contribution in [2.24, 2.45) is 0 Å². The molecule has 33 heavy (non-hydrogen) atoms. The number of pyridine rings is 3. The number of carbonyl (C=O) groups is 1. The van der Waals surface area contributed by atoms with Crippen LogP contribution in [0.1, 0.15) is 24.2 Å². The molecule has 0 bridgehead atoms. The number of likely N-dealkylation sites (tertiary alicyclic amines) is 1. The summed E-state index contributed by atoms with van der Waals surface area (Å²) >= 11 is 7.97. The van der Waals surface area contributed by atoms with E-state index in [9.17, 15) is 9.59 Å². The summed E-state index contributed by atoms with van der Waals surface area (Å²) in [4.78, 5) is 36.4. The number of Topliss-reactive ketones (excluding diaryl/α,β-unsaturated/α-hetero) is 1. The third kappa shape index (κ3) is 5.14. The van der Waals surface area contributed by atoms with Crippen molar-refractivity contribution in [2.75, 3.05) is 25.4 Å². The Kier molecular flexibility index (Phi) is 6.78. The fourth-order valence-corrected chi connectivity index (χ4v) is 5.72. The van der Waals surface area contributed by atoms with E-state index in [1.807, 2.05) is 22.8 Å². The van der Waals surface area contributed by atoms with E-state index in [-0.39, 0.29) is 11.3 Å². The Morgan fingerprint density at radius 2 is 2.00 bits per heavy atom. The molecule has 3 aromatic rings. The van der Waals surface area contributed by atoms with Gasteiger partial charge in [0.15, 0.2) is 0 Å². The van der Waals surface area contributed by atoms with Crippen LogP contribution in [0.15, 0.2) is 46.3 Å². The number of piperidine rings is 1. The summed E-state index contributed by atoms with van der Waals surface area (Å²) < 4.78 is 1.82. The minimum atomic E-state index is 0.0154. The lowest BCUT2D eigenvalue weighted by molar-refractivity contribution is -0.116. The van der Waals surface area contributed by atoms with Crippen LogP contribution in [0.3, 0.4) is 0 Å². The molecule has 1 N–H and O–H groups in total. The molecule has 3 aromatic heterocycles. The molecule has 172 valence electrons. The van der Waals surface area contributed by atoms with Gasteiger partial charge in [0.25, 0.3) is 5.56 Å². The van der Waals surface area contributed by atoms with Gasteiger partial charge in [-0.15, -0.1) is 11.8 Å². The number of halogens is 1. The van der Waals surface area contributed by atoms with Gasteiger partial charge in [-0.3, -0.25) is 19.6 Å². The van der Waals surface area contributed by atoms with Crippen LogP contribution in [-0.2, 0) is 24.3 Å². The normalized spacial score (nSPS) is 17.4. The van der Waals surface area contributed by atoms with Gasteiger partial charge in [-0.05, 0) is 44.1 Å². The van der Waals surface area contributed by atoms with E-state index >= 15 is 0 Å². The summed E-state index contributed by atoms with van der Waals surface area (Å²) in [7, 11) is 0. The second kappa shape index (κ2) is 9.93. The van der Waals surface area contributed by atoms with Gasteiger partial charge in [-0.25, -0.2) is 0 Å². The summed E-state index contributed by atoms with van der Waals surface area (Å²) in [5, 5.41) is 5.29. The van der Waals surface area contributed by atoms with Crippen molar-refractivity contribution in [1.29, 1.82) is 0 Å². The highest BCUT2D eigenvalue weighted by molar-refractivity contribution is 8.00. The molecule has 0 unspecified atom stereocenters. The number of carbonyl (C=O) groups excluding carboxylic acids is 1. The highest BCUT2D eigenvalue weighted by atomic mass is 35.5. The SMILES string of the molecule is O=C1CSc2cc(Cl)c(CNC3CCN(CCn4c(=O)ccc5ccncc54)CC3)nc2C1. The summed E-state index contributed by atoms with van der Waals surface area (Å²) in [5.74, 6) is 0.725. The van der Waals surface area contributed by atoms with E-state index in [4.69, 9.17) is 11.6 Å². The summed E-state index contributed by atoms with van der Waals surface area (Å²) in [6, 6.07) is 7.77. The molecule has 9 heteroatoms. The molecule has 0 aliphatic carbocycles. The number of rotatable bonds is 6. The van der Waals surface area contributed by atoms with Crippen molar-refractivity contribution in [2.45, 2.75) is 43.3 Å². The largest absolute Gasteiger partial charge is 0.308 e. The van der Waals surface area contributed by atoms with Gasteiger partial charge in [0.2, 0.25) is 0 Å². The van der Waals surface area contributed by atoms with Crippen molar-refractivity contribution < 1.29 is 4.79 Å². The molecular formula is C24H26ClN5O2S. The molecule has 0 radical (unpaired) electrons. The molecule has 0 saturated carbocycles. The van der Waals surface area contributed by atoms with E-state index in [0.29, 0.717) is 36.3 Å². The van der Waals surface area contributed by atoms with Gasteiger partial charge < -0.3 is 14.8 Å². The van der Waals surface area contributed by atoms with E-state index in [1.54, 1.807) is 18.5 Å². The Morgan fingerprint density at radius 3 is 2.85 bits per heavy atom. The Balaban J connectivity index is 1.14. The molecule has 2 aliphatic rings. The summed E-state index contributed by atoms with van der Waals surface area (Å²) in [6.07, 6.45) is 5.98. The zero-order chi connectivity index (χ0) is 22.8. The van der Waals surface area contributed by atoms with Crippen LogP contribution >= 0.6 is 23.4 Å². The van der Waals surface area contributed by atoms with Crippen LogP contribution in [0.5, 0.6) is 0 Å². The van der Waals surface area contributed by atoms with Gasteiger partial charge in [0.1, 0.15) is 5.78 Å². The lowest BCUT2D eigenvalue weighted by Gasteiger charge is -2.32. The Bertz CT molecular complexity index is 1240. The summed E-state index contributed by atoms with van der Waals surface area (Å²) in [5.41, 5.74) is 2.57. The van der Waals surface area contributed by atoms with Crippen molar-refractivity contribution >= 4 is 40.0 Å². The molecule has 1 fully saturated rings. The predicted octanol–water partition coefficient (Wildman–Crippen LogP) is 2.92. The molecule has 2 aliphatic heterocycles. The predicted molar refractivity (Wildman–Crippen MR) is 131 cm³/mol. The zero-order valence-electron chi connectivity index (χ0n) is 18.3. The Morgan fingerprint density at radius 1 is 1.15 bits per heavy atom. The van der Waals surface area contributed by atoms with E-state index in [2.05, 4.69) is 20.2 Å². The maximum absolute atomic E-state index is 12.4. The Labute approximate surface area is 201 Å². The maximum atomic E-state index is 12.4. The van der Waals surface area contributed by atoms with Crippen LogP contribution in [0.25, 0.3) is 10.9 Å². The second-order valence-electron chi connectivity index (χ2n) is 8.62. The minimum Gasteiger partial charge on any atom is -0.308 e. The lowest BCUT2D eigenvalue weighted by atomic mass is 10.0. The van der Waals surface area contributed by atoms with Gasteiger partial charge in [-0.1, -0.05) is 11.6 Å². The summed E-state index contributed by atoms with van der Waals surface area (Å²) in [6.45, 7) is 4.06. The van der Waals surface area contributed by atoms with Crippen LogP contribution in [0.2, 0.25) is 5.02 Å². The lowest BCUT2D eigenvalue weighted by Crippen LogP contribution is -2.43. The fourth-order valence-electron chi connectivity index (χ4n) is 4.53. The smallest absolute Gasteiger partial charge is 0.251 e. The van der Waals surface area contributed by atoms with Gasteiger partial charge in [-0.2, -0.15) is 0 Å². The first-order valence-electron chi connectivity index (χ1n) is 11.3. The van der Waals surface area contributed by atoms with E-state index < -0.39 is 0 Å². The van der Waals surface area contributed by atoms with Crippen molar-refractivity contribution in [3.63, 3.8) is 0 Å². The van der Waals surface area contributed by atoms with Crippen LogP contribution < -0.4 is 10.9 Å². The van der Waals surface area contributed by atoms with E-state index in [1.165, 1.54) is 11.8 Å². The fraction of sp³-hybridized carbons (Fsp3) is 0.417. The minimum absolute atomic E-state index is 0.0154. The average Bonchev–Trinajstić information content (AvgIpc) is 2.83. The first kappa shape index (κ1) is 22.5. The number of aromatic nitrogens is 3. The van der Waals surface area contributed by atoms with Crippen LogP contribution in [0, 0.1) is 0 Å². The first-order chi connectivity index (χ1) is 16.1. The number of ketones is 1. The van der Waals surface area contributed by atoms with Crippen LogP contribution in [0.4, 0.5) is 0 Å². The van der Waals surface area contributed by atoms with Crippen molar-refractivity contribution in [3.8, 4) is 0 Å². The topological polar surface area (TPSA) is 80.1 Å². The quantitative estimate of drug-likeness (QED) is 0.577. The monoisotopic (exact) mass is 483 g/mol. The zero-order valence-corrected chi connectivity index (χ0v) is 19.9. The number of hydrogen-bond acceptors (Lipinski definition) is 7. The molecular weight excluding hydrogens is 458 g/mol. The molecule has 0 aromatic carbocycles. The van der Waals surface area contributed by atoms with Gasteiger partial charge >= 0.3 is 0 Å². The average molecular weight is 484 g/mol. The number of nitrogens with one attached hydrogen (secondary N) is 1. The number of nitrogens with zero attached hydrogens (tertiary/aromatic N) is 4. The highest BCUT2D eigenvalue weighted by Gasteiger charge is 2.22. The molecule has 0 atom stereocenters. The maximum Gasteiger partial charge on any atom is 0.251 e. The third-order valence-corrected chi connectivity index (χ3v) is 7.88. The Hall–Kier alpha value is -2.26. The molecule has 5 rings (SSSR count). The van der Waals surface area contributed by atoms with Crippen molar-refractivity contribution in [3.05, 3.63) is 63.4 Å². The molecule has 0 spiro atoms. The number of hydrogen-bond donors (Lipinski definition) is 1. The molecule has 1 saturated heterocycles. The number of fused-ring (bicyclic) bond motifs is 2. The first-order valence-corrected chi connectivity index (χ1v) is 12.7. The van der Waals surface area contributed by atoms with Gasteiger partial charge in [0.05, 0.1) is 40.3 Å². The van der Waals surface area contributed by atoms with Crippen LogP contribution in [-0.4, -0.2) is 56.6 Å². The third-order valence-electron chi connectivity index (χ3n) is 6.42. The molecule has 7 nitrogen and oxygen atoms in total. The van der Waals surface area contributed by atoms with Gasteiger partial charge in [0, 0.05) is 48.2 Å². The molecule has 5 heterocycles. The highest BCUT2D eigenvalue weighted by Crippen LogP contribution is 2.31.